The Bertz CT molecular complexity index is 852. The van der Waals surface area contributed by atoms with Crippen LogP contribution in [-0.4, -0.2) is 28.1 Å². The van der Waals surface area contributed by atoms with E-state index in [1.165, 1.54) is 0 Å². The monoisotopic (exact) mass is 371 g/mol. The average Bonchev–Trinajstić information content (AvgIpc) is 3.19. The Morgan fingerprint density at radius 2 is 1.81 bits per heavy atom. The zero-order valence-electron chi connectivity index (χ0n) is 15.3. The van der Waals surface area contributed by atoms with Crippen molar-refractivity contribution in [1.82, 2.24) is 14.5 Å². The number of benzene rings is 2. The lowest BCUT2D eigenvalue weighted by atomic mass is 10.1. The van der Waals surface area contributed by atoms with Crippen molar-refractivity contribution in [3.8, 4) is 5.75 Å². The Hall–Kier alpha value is -2.73. The summed E-state index contributed by atoms with van der Waals surface area (Å²) in [4.78, 5) is 6.14. The Balaban J connectivity index is 1.73. The molecule has 1 heterocycles. The Labute approximate surface area is 158 Å². The van der Waals surface area contributed by atoms with Crippen LogP contribution in [0.25, 0.3) is 0 Å². The first-order chi connectivity index (χ1) is 13.2. The van der Waals surface area contributed by atoms with Gasteiger partial charge in [0.2, 0.25) is 0 Å². The molecule has 0 aliphatic carbocycles. The molecule has 0 saturated carbocycles. The minimum atomic E-state index is -0.817. The third kappa shape index (κ3) is 5.14. The van der Waals surface area contributed by atoms with Crippen LogP contribution in [0, 0.1) is 11.6 Å². The summed E-state index contributed by atoms with van der Waals surface area (Å²) in [6.07, 6.45) is 6.30. The third-order valence-electron chi connectivity index (χ3n) is 4.46. The van der Waals surface area contributed by atoms with Gasteiger partial charge in [0.25, 0.3) is 0 Å². The molecule has 3 aromatic rings. The fourth-order valence-electron chi connectivity index (χ4n) is 3.10. The van der Waals surface area contributed by atoms with Crippen LogP contribution in [0.1, 0.15) is 17.5 Å². The van der Waals surface area contributed by atoms with E-state index in [2.05, 4.69) is 9.88 Å². The minimum Gasteiger partial charge on any atom is -0.496 e. The summed E-state index contributed by atoms with van der Waals surface area (Å²) in [7, 11) is 1.63. The van der Waals surface area contributed by atoms with Gasteiger partial charge in [-0.15, -0.1) is 0 Å². The van der Waals surface area contributed by atoms with Gasteiger partial charge >= 0.3 is 0 Å². The van der Waals surface area contributed by atoms with Gasteiger partial charge in [-0.25, -0.2) is 13.8 Å². The molecule has 0 spiro atoms. The molecule has 0 aliphatic heterocycles. The summed E-state index contributed by atoms with van der Waals surface area (Å²) >= 11 is 0. The maximum absolute atomic E-state index is 14.2. The molecule has 3 rings (SSSR count). The SMILES string of the molecule is COc1ccccc1CN(CCCn1ccnc1)Cc1cccc(F)c1F. The molecule has 0 aliphatic rings. The van der Waals surface area contributed by atoms with Gasteiger partial charge in [-0.3, -0.25) is 4.90 Å². The smallest absolute Gasteiger partial charge is 0.163 e. The average molecular weight is 371 g/mol. The standard InChI is InChI=1S/C21H23F2N3O/c1-27-20-9-3-2-6-17(20)14-26(12-5-11-25-13-10-24-16-25)15-18-7-4-8-19(22)21(18)23/h2-4,6-10,13,16H,5,11-12,14-15H2,1H3. The maximum atomic E-state index is 14.2. The van der Waals surface area contributed by atoms with Crippen LogP contribution < -0.4 is 4.74 Å². The normalized spacial score (nSPS) is 11.1. The molecule has 0 N–H and O–H groups in total. The van der Waals surface area contributed by atoms with Crippen molar-refractivity contribution < 1.29 is 13.5 Å². The highest BCUT2D eigenvalue weighted by Gasteiger charge is 2.14. The lowest BCUT2D eigenvalue weighted by Crippen LogP contribution is -2.25. The zero-order valence-corrected chi connectivity index (χ0v) is 15.3. The van der Waals surface area contributed by atoms with E-state index >= 15 is 0 Å². The quantitative estimate of drug-likeness (QED) is 0.563. The van der Waals surface area contributed by atoms with Gasteiger partial charge in [-0.2, -0.15) is 0 Å². The summed E-state index contributed by atoms with van der Waals surface area (Å²) in [5.41, 5.74) is 1.37. The maximum Gasteiger partial charge on any atom is 0.163 e. The highest BCUT2D eigenvalue weighted by molar-refractivity contribution is 5.33. The molecule has 142 valence electrons. The molecular weight excluding hydrogens is 348 g/mol. The number of para-hydroxylation sites is 1. The molecule has 0 bridgehead atoms. The summed E-state index contributed by atoms with van der Waals surface area (Å²) in [5.74, 6) is -0.808. The van der Waals surface area contributed by atoms with Crippen LogP contribution in [0.5, 0.6) is 5.75 Å². The summed E-state index contributed by atoms with van der Waals surface area (Å²) in [6, 6.07) is 12.1. The van der Waals surface area contributed by atoms with Crippen LogP contribution in [-0.2, 0) is 19.6 Å². The van der Waals surface area contributed by atoms with Crippen molar-refractivity contribution in [3.63, 3.8) is 0 Å². The highest BCUT2D eigenvalue weighted by Crippen LogP contribution is 2.21. The number of hydrogen-bond acceptors (Lipinski definition) is 3. The second-order valence-electron chi connectivity index (χ2n) is 6.39. The van der Waals surface area contributed by atoms with E-state index in [1.807, 2.05) is 35.0 Å². The highest BCUT2D eigenvalue weighted by atomic mass is 19.2. The van der Waals surface area contributed by atoms with Crippen molar-refractivity contribution in [2.24, 2.45) is 0 Å². The van der Waals surface area contributed by atoms with Gasteiger partial charge in [-0.1, -0.05) is 30.3 Å². The molecule has 0 radical (unpaired) electrons. The van der Waals surface area contributed by atoms with Crippen LogP contribution in [0.15, 0.2) is 61.2 Å². The largest absolute Gasteiger partial charge is 0.496 e. The van der Waals surface area contributed by atoms with E-state index < -0.39 is 11.6 Å². The number of imidazole rings is 1. The third-order valence-corrected chi connectivity index (χ3v) is 4.46. The van der Waals surface area contributed by atoms with Gasteiger partial charge in [0, 0.05) is 49.7 Å². The molecule has 1 aromatic heterocycles. The Kier molecular flexibility index (Phi) is 6.54. The van der Waals surface area contributed by atoms with Crippen molar-refractivity contribution in [3.05, 3.63) is 83.9 Å². The van der Waals surface area contributed by atoms with E-state index in [1.54, 1.807) is 31.8 Å². The molecule has 0 saturated heterocycles. The molecule has 27 heavy (non-hydrogen) atoms. The van der Waals surface area contributed by atoms with E-state index in [-0.39, 0.29) is 0 Å². The van der Waals surface area contributed by atoms with E-state index in [0.29, 0.717) is 18.7 Å². The zero-order chi connectivity index (χ0) is 19.1. The van der Waals surface area contributed by atoms with Gasteiger partial charge in [-0.05, 0) is 18.6 Å². The summed E-state index contributed by atoms with van der Waals surface area (Å²) < 4.78 is 35.2. The summed E-state index contributed by atoms with van der Waals surface area (Å²) in [5, 5.41) is 0. The van der Waals surface area contributed by atoms with Crippen molar-refractivity contribution in [1.29, 1.82) is 0 Å². The predicted molar refractivity (Wildman–Crippen MR) is 100 cm³/mol. The molecule has 0 fully saturated rings. The topological polar surface area (TPSA) is 30.3 Å². The van der Waals surface area contributed by atoms with Crippen LogP contribution in [0.4, 0.5) is 8.78 Å². The van der Waals surface area contributed by atoms with Gasteiger partial charge < -0.3 is 9.30 Å². The first-order valence-corrected chi connectivity index (χ1v) is 8.90. The van der Waals surface area contributed by atoms with E-state index in [9.17, 15) is 8.78 Å². The molecule has 2 aromatic carbocycles. The van der Waals surface area contributed by atoms with Crippen LogP contribution >= 0.6 is 0 Å². The lowest BCUT2D eigenvalue weighted by Gasteiger charge is -2.24. The second-order valence-corrected chi connectivity index (χ2v) is 6.39. The van der Waals surface area contributed by atoms with Crippen LogP contribution in [0.3, 0.4) is 0 Å². The van der Waals surface area contributed by atoms with E-state index in [0.717, 1.165) is 36.9 Å². The summed E-state index contributed by atoms with van der Waals surface area (Å²) in [6.45, 7) is 2.45. The molecular formula is C21H23F2N3O. The van der Waals surface area contributed by atoms with E-state index in [4.69, 9.17) is 4.74 Å². The number of aryl methyl sites for hydroxylation is 1. The number of hydrogen-bond donors (Lipinski definition) is 0. The number of halogens is 2. The Morgan fingerprint density at radius 3 is 2.59 bits per heavy atom. The van der Waals surface area contributed by atoms with Crippen molar-refractivity contribution >= 4 is 0 Å². The number of methoxy groups -OCH3 is 1. The molecule has 4 nitrogen and oxygen atoms in total. The number of rotatable bonds is 9. The fourth-order valence-corrected chi connectivity index (χ4v) is 3.10. The van der Waals surface area contributed by atoms with Gasteiger partial charge in [0.05, 0.1) is 13.4 Å². The van der Waals surface area contributed by atoms with Crippen molar-refractivity contribution in [2.45, 2.75) is 26.1 Å². The minimum absolute atomic E-state index is 0.325. The Morgan fingerprint density at radius 1 is 1.04 bits per heavy atom. The number of nitrogens with zero attached hydrogens (tertiary/aromatic N) is 3. The second kappa shape index (κ2) is 9.28. The molecule has 0 amide bonds. The number of ether oxygens (including phenoxy) is 1. The first kappa shape index (κ1) is 19.0. The van der Waals surface area contributed by atoms with Gasteiger partial charge in [0.1, 0.15) is 5.75 Å². The molecule has 0 atom stereocenters. The van der Waals surface area contributed by atoms with Crippen molar-refractivity contribution in [2.75, 3.05) is 13.7 Å². The molecule has 6 heteroatoms. The predicted octanol–water partition coefficient (Wildman–Crippen LogP) is 4.26. The molecule has 0 unspecified atom stereocenters. The lowest BCUT2D eigenvalue weighted by molar-refractivity contribution is 0.240. The van der Waals surface area contributed by atoms with Gasteiger partial charge in [0.15, 0.2) is 11.6 Å². The van der Waals surface area contributed by atoms with Crippen LogP contribution in [0.2, 0.25) is 0 Å². The number of aromatic nitrogens is 2. The fraction of sp³-hybridized carbons (Fsp3) is 0.286. The first-order valence-electron chi connectivity index (χ1n) is 8.90.